The highest BCUT2D eigenvalue weighted by atomic mass is 32.1. The summed E-state index contributed by atoms with van der Waals surface area (Å²) in [6.45, 7) is 0. The predicted molar refractivity (Wildman–Crippen MR) is 84.6 cm³/mol. The van der Waals surface area contributed by atoms with Crippen LogP contribution in [0.3, 0.4) is 0 Å². The molecule has 0 nitrogen and oxygen atoms in total. The van der Waals surface area contributed by atoms with Gasteiger partial charge in [0.15, 0.2) is 0 Å². The van der Waals surface area contributed by atoms with E-state index in [0.717, 1.165) is 4.90 Å². The van der Waals surface area contributed by atoms with Gasteiger partial charge in [0.25, 0.3) is 0 Å². The second-order valence-electron chi connectivity index (χ2n) is 4.46. The maximum absolute atomic E-state index is 4.51. The molecule has 1 heteroatoms. The monoisotopic (exact) mass is 262 g/mol. The van der Waals surface area contributed by atoms with Crippen molar-refractivity contribution in [2.75, 3.05) is 0 Å². The lowest BCUT2D eigenvalue weighted by molar-refractivity contribution is 1.45. The highest BCUT2D eigenvalue weighted by Gasteiger charge is 2.02. The zero-order chi connectivity index (χ0) is 13.1. The minimum absolute atomic E-state index is 1.01. The van der Waals surface area contributed by atoms with Gasteiger partial charge in [-0.05, 0) is 28.3 Å². The first kappa shape index (κ1) is 12.1. The summed E-state index contributed by atoms with van der Waals surface area (Å²) in [5.74, 6) is 0. The van der Waals surface area contributed by atoms with Crippen molar-refractivity contribution in [2.24, 2.45) is 0 Å². The smallest absolute Gasteiger partial charge is 0.0119 e. The van der Waals surface area contributed by atoms with Crippen molar-refractivity contribution in [3.8, 4) is 22.3 Å². The first-order chi connectivity index (χ1) is 9.34. The van der Waals surface area contributed by atoms with Gasteiger partial charge in [0.05, 0.1) is 0 Å². The van der Waals surface area contributed by atoms with Crippen LogP contribution >= 0.6 is 12.6 Å². The van der Waals surface area contributed by atoms with E-state index in [2.05, 4.69) is 67.2 Å². The Morgan fingerprint density at radius 3 is 1.68 bits per heavy atom. The molecule has 0 unspecified atom stereocenters. The van der Waals surface area contributed by atoms with Crippen LogP contribution in [0.1, 0.15) is 0 Å². The van der Waals surface area contributed by atoms with E-state index >= 15 is 0 Å². The molecule has 0 aromatic heterocycles. The topological polar surface area (TPSA) is 0 Å². The maximum atomic E-state index is 4.51. The molecule has 0 saturated heterocycles. The van der Waals surface area contributed by atoms with Gasteiger partial charge in [0.2, 0.25) is 0 Å². The van der Waals surface area contributed by atoms with Crippen molar-refractivity contribution < 1.29 is 0 Å². The second kappa shape index (κ2) is 5.33. The fourth-order valence-corrected chi connectivity index (χ4v) is 2.48. The summed E-state index contributed by atoms with van der Waals surface area (Å²) in [6.07, 6.45) is 0. The fourth-order valence-electron chi connectivity index (χ4n) is 2.19. The number of benzene rings is 3. The van der Waals surface area contributed by atoms with E-state index in [4.69, 9.17) is 0 Å². The Bertz CT molecular complexity index is 670. The second-order valence-corrected chi connectivity index (χ2v) is 4.94. The summed E-state index contributed by atoms with van der Waals surface area (Å²) >= 11 is 4.51. The molecule has 0 aliphatic carbocycles. The van der Waals surface area contributed by atoms with Gasteiger partial charge in [-0.15, -0.1) is 12.6 Å². The lowest BCUT2D eigenvalue weighted by Gasteiger charge is -2.07. The van der Waals surface area contributed by atoms with Crippen molar-refractivity contribution in [1.82, 2.24) is 0 Å². The molecule has 0 aliphatic heterocycles. The SMILES string of the molecule is Sc1ccccc1-c1ccc(-c2ccccc2)cc1. The molecule has 3 rings (SSSR count). The third kappa shape index (κ3) is 2.56. The summed E-state index contributed by atoms with van der Waals surface area (Å²) in [6, 6.07) is 27.2. The summed E-state index contributed by atoms with van der Waals surface area (Å²) in [7, 11) is 0. The number of hydrogen-bond acceptors (Lipinski definition) is 1. The molecule has 0 saturated carbocycles. The van der Waals surface area contributed by atoms with E-state index in [1.54, 1.807) is 0 Å². The number of hydrogen-bond donors (Lipinski definition) is 1. The largest absolute Gasteiger partial charge is 0.143 e. The molecular weight excluding hydrogens is 248 g/mol. The van der Waals surface area contributed by atoms with E-state index in [0.29, 0.717) is 0 Å². The van der Waals surface area contributed by atoms with E-state index in [9.17, 15) is 0 Å². The van der Waals surface area contributed by atoms with Crippen LogP contribution in [0.15, 0.2) is 83.8 Å². The Labute approximate surface area is 119 Å². The van der Waals surface area contributed by atoms with Crippen LogP contribution in [-0.2, 0) is 0 Å². The van der Waals surface area contributed by atoms with Gasteiger partial charge < -0.3 is 0 Å². The first-order valence-electron chi connectivity index (χ1n) is 6.28. The van der Waals surface area contributed by atoms with E-state index < -0.39 is 0 Å². The molecule has 0 fully saturated rings. The normalized spacial score (nSPS) is 10.4. The van der Waals surface area contributed by atoms with Gasteiger partial charge in [-0.25, -0.2) is 0 Å². The Hall–Kier alpha value is -1.99. The van der Waals surface area contributed by atoms with Gasteiger partial charge >= 0.3 is 0 Å². The Morgan fingerprint density at radius 2 is 1.00 bits per heavy atom. The summed E-state index contributed by atoms with van der Waals surface area (Å²) < 4.78 is 0. The first-order valence-corrected chi connectivity index (χ1v) is 6.73. The summed E-state index contributed by atoms with van der Waals surface area (Å²) in [4.78, 5) is 1.01. The quantitative estimate of drug-likeness (QED) is 0.594. The van der Waals surface area contributed by atoms with Gasteiger partial charge in [-0.2, -0.15) is 0 Å². The van der Waals surface area contributed by atoms with E-state index in [1.807, 2.05) is 24.3 Å². The zero-order valence-corrected chi connectivity index (χ0v) is 11.3. The predicted octanol–water partition coefficient (Wildman–Crippen LogP) is 5.31. The molecule has 0 bridgehead atoms. The van der Waals surface area contributed by atoms with Crippen LogP contribution in [0.4, 0.5) is 0 Å². The standard InChI is InChI=1S/C18H14S/c19-18-9-5-4-8-17(18)16-12-10-15(11-13-16)14-6-2-1-3-7-14/h1-13,19H. The van der Waals surface area contributed by atoms with Gasteiger partial charge in [-0.3, -0.25) is 0 Å². The van der Waals surface area contributed by atoms with Crippen molar-refractivity contribution in [2.45, 2.75) is 4.90 Å². The third-order valence-corrected chi connectivity index (χ3v) is 3.60. The molecule has 3 aromatic rings. The van der Waals surface area contributed by atoms with Crippen molar-refractivity contribution >= 4 is 12.6 Å². The van der Waals surface area contributed by atoms with Gasteiger partial charge in [0.1, 0.15) is 0 Å². The Morgan fingerprint density at radius 1 is 0.474 bits per heavy atom. The molecule has 0 atom stereocenters. The molecule has 92 valence electrons. The maximum Gasteiger partial charge on any atom is 0.0119 e. The summed E-state index contributed by atoms with van der Waals surface area (Å²) in [5, 5.41) is 0. The Balaban J connectivity index is 1.98. The van der Waals surface area contributed by atoms with Crippen molar-refractivity contribution in [1.29, 1.82) is 0 Å². The number of rotatable bonds is 2. The van der Waals surface area contributed by atoms with E-state index in [-0.39, 0.29) is 0 Å². The zero-order valence-electron chi connectivity index (χ0n) is 10.5. The highest BCUT2D eigenvalue weighted by Crippen LogP contribution is 2.28. The molecule has 0 radical (unpaired) electrons. The minimum Gasteiger partial charge on any atom is -0.143 e. The van der Waals surface area contributed by atoms with E-state index in [1.165, 1.54) is 22.3 Å². The van der Waals surface area contributed by atoms with Crippen LogP contribution in [0.25, 0.3) is 22.3 Å². The van der Waals surface area contributed by atoms with Crippen LogP contribution in [0, 0.1) is 0 Å². The lowest BCUT2D eigenvalue weighted by Crippen LogP contribution is -1.81. The lowest BCUT2D eigenvalue weighted by atomic mass is 10.0. The van der Waals surface area contributed by atoms with Crippen LogP contribution in [-0.4, -0.2) is 0 Å². The van der Waals surface area contributed by atoms with Crippen molar-refractivity contribution in [3.05, 3.63) is 78.9 Å². The molecule has 0 amide bonds. The van der Waals surface area contributed by atoms with Crippen molar-refractivity contribution in [3.63, 3.8) is 0 Å². The average molecular weight is 262 g/mol. The molecule has 19 heavy (non-hydrogen) atoms. The fraction of sp³-hybridized carbons (Fsp3) is 0. The molecule has 0 spiro atoms. The van der Waals surface area contributed by atoms with Crippen LogP contribution < -0.4 is 0 Å². The van der Waals surface area contributed by atoms with Crippen LogP contribution in [0.2, 0.25) is 0 Å². The molecule has 0 aliphatic rings. The molecule has 0 heterocycles. The summed E-state index contributed by atoms with van der Waals surface area (Å²) in [5.41, 5.74) is 4.85. The third-order valence-electron chi connectivity index (χ3n) is 3.21. The molecule has 3 aromatic carbocycles. The number of thiol groups is 1. The van der Waals surface area contributed by atoms with Gasteiger partial charge in [-0.1, -0.05) is 72.8 Å². The van der Waals surface area contributed by atoms with Gasteiger partial charge in [0, 0.05) is 4.90 Å². The van der Waals surface area contributed by atoms with Crippen LogP contribution in [0.5, 0.6) is 0 Å². The highest BCUT2D eigenvalue weighted by molar-refractivity contribution is 7.80. The Kier molecular flexibility index (Phi) is 3.39. The average Bonchev–Trinajstić information content (AvgIpc) is 2.49. The molecule has 0 N–H and O–H groups in total. The molecular formula is C18H14S. The minimum atomic E-state index is 1.01.